The number of nitrogen functional groups attached to an aromatic ring is 1. The van der Waals surface area contributed by atoms with Gasteiger partial charge in [-0.05, 0) is 43.9 Å². The molecule has 0 heterocycles. The fraction of sp³-hybridized carbons (Fsp3) is 0.500. The summed E-state index contributed by atoms with van der Waals surface area (Å²) in [6.07, 6.45) is 2.11. The number of hydrogen-bond donors (Lipinski definition) is 1. The number of hydrogen-bond acceptors (Lipinski definition) is 5. The van der Waals surface area contributed by atoms with Crippen molar-refractivity contribution in [2.24, 2.45) is 5.92 Å². The average Bonchev–Trinajstić information content (AvgIpc) is 3.28. The normalized spacial score (nSPS) is 16.8. The molecule has 0 aliphatic heterocycles. The third-order valence-corrected chi connectivity index (χ3v) is 5.98. The predicted octanol–water partition coefficient (Wildman–Crippen LogP) is 1.47. The van der Waals surface area contributed by atoms with Gasteiger partial charge in [0.25, 0.3) is 0 Å². The first-order valence-corrected chi connectivity index (χ1v) is 8.19. The quantitative estimate of drug-likeness (QED) is 0.657. The van der Waals surface area contributed by atoms with Gasteiger partial charge in [0.1, 0.15) is 4.90 Å². The molecule has 116 valence electrons. The van der Waals surface area contributed by atoms with E-state index >= 15 is 0 Å². The Balaban J connectivity index is 2.33. The molecule has 1 atom stereocenters. The van der Waals surface area contributed by atoms with Crippen LogP contribution in [0, 0.1) is 5.92 Å². The van der Waals surface area contributed by atoms with E-state index in [1.165, 1.54) is 29.6 Å². The van der Waals surface area contributed by atoms with Crippen LogP contribution in [0.3, 0.4) is 0 Å². The highest BCUT2D eigenvalue weighted by atomic mass is 32.2. The van der Waals surface area contributed by atoms with Gasteiger partial charge in [-0.15, -0.1) is 0 Å². The maximum Gasteiger partial charge on any atom is 0.337 e. The molecular weight excluding hydrogens is 292 g/mol. The van der Waals surface area contributed by atoms with Gasteiger partial charge >= 0.3 is 5.97 Å². The monoisotopic (exact) mass is 312 g/mol. The van der Waals surface area contributed by atoms with Crippen molar-refractivity contribution in [1.82, 2.24) is 4.31 Å². The second-order valence-corrected chi connectivity index (χ2v) is 7.31. The minimum Gasteiger partial charge on any atom is -0.465 e. The third-order valence-electron chi connectivity index (χ3n) is 3.97. The van der Waals surface area contributed by atoms with Crippen LogP contribution in [0.1, 0.15) is 30.1 Å². The molecule has 7 heteroatoms. The number of nitrogens with two attached hydrogens (primary N) is 1. The van der Waals surface area contributed by atoms with E-state index in [1.54, 1.807) is 7.05 Å². The van der Waals surface area contributed by atoms with Crippen LogP contribution in [-0.2, 0) is 14.8 Å². The number of carbonyl (C=O) groups excluding carboxylic acids is 1. The van der Waals surface area contributed by atoms with Crippen LogP contribution in [0.4, 0.5) is 5.69 Å². The summed E-state index contributed by atoms with van der Waals surface area (Å²) in [7, 11) is -0.847. The molecule has 1 aliphatic carbocycles. The maximum absolute atomic E-state index is 12.6. The zero-order valence-corrected chi connectivity index (χ0v) is 13.2. The Kier molecular flexibility index (Phi) is 4.25. The lowest BCUT2D eigenvalue weighted by Crippen LogP contribution is -2.36. The summed E-state index contributed by atoms with van der Waals surface area (Å²) in [6, 6.07) is 4.03. The molecule has 6 nitrogen and oxygen atoms in total. The van der Waals surface area contributed by atoms with Gasteiger partial charge in [-0.2, -0.15) is 4.31 Å². The molecule has 0 radical (unpaired) electrons. The second kappa shape index (κ2) is 5.65. The number of nitrogens with zero attached hydrogens (tertiary/aromatic N) is 1. The highest BCUT2D eigenvalue weighted by Gasteiger charge is 2.36. The zero-order chi connectivity index (χ0) is 15.8. The van der Waals surface area contributed by atoms with E-state index in [4.69, 9.17) is 5.73 Å². The lowest BCUT2D eigenvalue weighted by molar-refractivity contribution is 0.0600. The number of methoxy groups -OCH3 is 1. The van der Waals surface area contributed by atoms with Crippen LogP contribution in [-0.4, -0.2) is 38.9 Å². The van der Waals surface area contributed by atoms with Crippen LogP contribution >= 0.6 is 0 Å². The standard InChI is InChI=1S/C14H20N2O4S/c1-9(10-4-5-10)16(2)21(18,19)13-7-6-11(8-12(13)15)14(17)20-3/h6-10H,4-5,15H2,1-3H3. The van der Waals surface area contributed by atoms with Gasteiger partial charge in [0, 0.05) is 13.1 Å². The number of ether oxygens (including phenoxy) is 1. The smallest absolute Gasteiger partial charge is 0.337 e. The summed E-state index contributed by atoms with van der Waals surface area (Å²) in [5, 5.41) is 0. The van der Waals surface area contributed by atoms with Gasteiger partial charge in [-0.3, -0.25) is 0 Å². The van der Waals surface area contributed by atoms with Gasteiger partial charge in [0.05, 0.1) is 18.4 Å². The fourth-order valence-corrected chi connectivity index (χ4v) is 3.79. The van der Waals surface area contributed by atoms with Gasteiger partial charge in [0.2, 0.25) is 10.0 Å². The molecule has 1 saturated carbocycles. The molecule has 0 bridgehead atoms. The predicted molar refractivity (Wildman–Crippen MR) is 79.3 cm³/mol. The van der Waals surface area contributed by atoms with E-state index in [2.05, 4.69) is 4.74 Å². The van der Waals surface area contributed by atoms with Crippen LogP contribution in [0.5, 0.6) is 0 Å². The largest absolute Gasteiger partial charge is 0.465 e. The zero-order valence-electron chi connectivity index (χ0n) is 12.4. The molecule has 1 aromatic rings. The molecule has 1 aromatic carbocycles. The molecule has 2 N–H and O–H groups in total. The van der Waals surface area contributed by atoms with Crippen molar-refractivity contribution in [3.05, 3.63) is 23.8 Å². The number of carbonyl (C=O) groups is 1. The molecule has 0 aromatic heterocycles. The summed E-state index contributed by atoms with van der Waals surface area (Å²) in [4.78, 5) is 11.4. The Hall–Kier alpha value is -1.60. The molecule has 0 spiro atoms. The van der Waals surface area contributed by atoms with Crippen molar-refractivity contribution in [2.75, 3.05) is 19.9 Å². The van der Waals surface area contributed by atoms with Crippen molar-refractivity contribution < 1.29 is 17.9 Å². The number of rotatable bonds is 5. The molecule has 1 fully saturated rings. The van der Waals surface area contributed by atoms with Crippen LogP contribution in [0.25, 0.3) is 0 Å². The molecular formula is C14H20N2O4S. The van der Waals surface area contributed by atoms with E-state index in [9.17, 15) is 13.2 Å². The van der Waals surface area contributed by atoms with E-state index in [1.807, 2.05) is 6.92 Å². The number of anilines is 1. The topological polar surface area (TPSA) is 89.7 Å². The Morgan fingerprint density at radius 1 is 1.43 bits per heavy atom. The summed E-state index contributed by atoms with van der Waals surface area (Å²) in [5.41, 5.74) is 6.09. The molecule has 1 aliphatic rings. The Morgan fingerprint density at radius 3 is 2.52 bits per heavy atom. The molecule has 1 unspecified atom stereocenters. The summed E-state index contributed by atoms with van der Waals surface area (Å²) >= 11 is 0. The minimum atomic E-state index is -3.67. The maximum atomic E-state index is 12.6. The van der Waals surface area contributed by atoms with Crippen molar-refractivity contribution in [3.8, 4) is 0 Å². The Labute approximate surface area is 124 Å². The van der Waals surface area contributed by atoms with Gasteiger partial charge < -0.3 is 10.5 Å². The second-order valence-electron chi connectivity index (χ2n) is 5.34. The minimum absolute atomic E-state index is 0.0187. The van der Waals surface area contributed by atoms with Crippen LogP contribution in [0.2, 0.25) is 0 Å². The molecule has 2 rings (SSSR count). The molecule has 0 saturated heterocycles. The molecule has 0 amide bonds. The highest BCUT2D eigenvalue weighted by Crippen LogP contribution is 2.37. The van der Waals surface area contributed by atoms with Crippen molar-refractivity contribution in [1.29, 1.82) is 0 Å². The number of sulfonamides is 1. The highest BCUT2D eigenvalue weighted by molar-refractivity contribution is 7.89. The van der Waals surface area contributed by atoms with Crippen LogP contribution < -0.4 is 5.73 Å². The lowest BCUT2D eigenvalue weighted by Gasteiger charge is -2.24. The fourth-order valence-electron chi connectivity index (χ4n) is 2.28. The SMILES string of the molecule is COC(=O)c1ccc(S(=O)(=O)N(C)C(C)C2CC2)c(N)c1. The van der Waals surface area contributed by atoms with Crippen LogP contribution in [0.15, 0.2) is 23.1 Å². The van der Waals surface area contributed by atoms with E-state index in [0.29, 0.717) is 5.92 Å². The van der Waals surface area contributed by atoms with Gasteiger partial charge in [-0.1, -0.05) is 0 Å². The van der Waals surface area contributed by atoms with Crippen molar-refractivity contribution in [2.45, 2.75) is 30.7 Å². The number of benzene rings is 1. The first-order valence-electron chi connectivity index (χ1n) is 6.75. The number of esters is 1. The summed E-state index contributed by atoms with van der Waals surface area (Å²) < 4.78 is 31.2. The third kappa shape index (κ3) is 3.03. The lowest BCUT2D eigenvalue weighted by atomic mass is 10.2. The van der Waals surface area contributed by atoms with Gasteiger partial charge in [-0.25, -0.2) is 13.2 Å². The van der Waals surface area contributed by atoms with E-state index in [-0.39, 0.29) is 22.2 Å². The Morgan fingerprint density at radius 2 is 2.05 bits per heavy atom. The van der Waals surface area contributed by atoms with E-state index in [0.717, 1.165) is 12.8 Å². The first-order chi connectivity index (χ1) is 9.78. The van der Waals surface area contributed by atoms with Crippen molar-refractivity contribution in [3.63, 3.8) is 0 Å². The first kappa shape index (κ1) is 15.8. The Bertz CT molecular complexity index is 653. The van der Waals surface area contributed by atoms with Crippen molar-refractivity contribution >= 4 is 21.7 Å². The summed E-state index contributed by atoms with van der Waals surface area (Å²) in [6.45, 7) is 1.90. The van der Waals surface area contributed by atoms with Gasteiger partial charge in [0.15, 0.2) is 0 Å². The van der Waals surface area contributed by atoms with E-state index < -0.39 is 16.0 Å². The summed E-state index contributed by atoms with van der Waals surface area (Å²) in [5.74, 6) is -0.134. The molecule has 21 heavy (non-hydrogen) atoms. The average molecular weight is 312 g/mol.